The molecule has 1 aliphatic rings. The summed E-state index contributed by atoms with van der Waals surface area (Å²) in [5.74, 6) is -1.22. The molecule has 18 heteroatoms. The first-order valence-electron chi connectivity index (χ1n) is 22.9. The highest BCUT2D eigenvalue weighted by Gasteiger charge is 2.54. The maximum atomic E-state index is 13.0. The molecule has 0 saturated heterocycles. The highest BCUT2D eigenvalue weighted by Crippen LogP contribution is 2.49. The van der Waals surface area contributed by atoms with E-state index in [0.29, 0.717) is 12.8 Å². The van der Waals surface area contributed by atoms with Crippen molar-refractivity contribution in [3.8, 4) is 0 Å². The molecule has 0 aromatic heterocycles. The maximum Gasteiger partial charge on any atom is 0.472 e. The molecule has 0 spiro atoms. The summed E-state index contributed by atoms with van der Waals surface area (Å²) in [4.78, 5) is 54.2. The molecular formula is C43H80O16P2. The van der Waals surface area contributed by atoms with Gasteiger partial charge in [0.05, 0.1) is 6.61 Å². The summed E-state index contributed by atoms with van der Waals surface area (Å²) < 4.78 is 49.3. The van der Waals surface area contributed by atoms with Gasteiger partial charge in [-0.1, -0.05) is 128 Å². The normalized spacial score (nSPS) is 22.4. The lowest BCUT2D eigenvalue weighted by atomic mass is 9.85. The van der Waals surface area contributed by atoms with Crippen LogP contribution in [0.25, 0.3) is 0 Å². The zero-order valence-electron chi connectivity index (χ0n) is 36.8. The monoisotopic (exact) mass is 914 g/mol. The van der Waals surface area contributed by atoms with E-state index >= 15 is 0 Å². The number of carbonyl (C=O) groups is 2. The lowest BCUT2D eigenvalue weighted by molar-refractivity contribution is -0.216. The summed E-state index contributed by atoms with van der Waals surface area (Å²) >= 11 is 0. The predicted molar refractivity (Wildman–Crippen MR) is 232 cm³/mol. The van der Waals surface area contributed by atoms with Crippen LogP contribution in [0.1, 0.15) is 181 Å². The van der Waals surface area contributed by atoms with Gasteiger partial charge in [-0.05, 0) is 64.2 Å². The van der Waals surface area contributed by atoms with Crippen LogP contribution in [0.15, 0.2) is 24.3 Å². The second kappa shape index (κ2) is 34.8. The number of unbranched alkanes of at least 4 members (excludes halogenated alkanes) is 20. The Bertz CT molecular complexity index is 1290. The van der Waals surface area contributed by atoms with Crippen LogP contribution in [-0.2, 0) is 41.8 Å². The number of phosphoric ester groups is 2. The van der Waals surface area contributed by atoms with Crippen molar-refractivity contribution >= 4 is 27.6 Å². The molecule has 1 saturated carbocycles. The number of allylic oxidation sites excluding steroid dienone is 4. The first-order valence-corrected chi connectivity index (χ1v) is 25.9. The van der Waals surface area contributed by atoms with Crippen LogP contribution < -0.4 is 0 Å². The van der Waals surface area contributed by atoms with Gasteiger partial charge in [-0.3, -0.25) is 23.2 Å². The molecule has 1 rings (SSSR count). The third-order valence-electron chi connectivity index (χ3n) is 10.5. The summed E-state index contributed by atoms with van der Waals surface area (Å²) in [6.45, 7) is 3.06. The molecule has 0 amide bonds. The first-order chi connectivity index (χ1) is 29.1. The van der Waals surface area contributed by atoms with Gasteiger partial charge in [-0.15, -0.1) is 0 Å². The van der Waals surface area contributed by atoms with E-state index in [9.17, 15) is 44.0 Å². The van der Waals surface area contributed by atoms with Crippen LogP contribution in [0.2, 0.25) is 0 Å². The fraction of sp³-hybridized carbons (Fsp3) is 0.860. The molecule has 0 bridgehead atoms. The highest BCUT2D eigenvalue weighted by molar-refractivity contribution is 7.47. The van der Waals surface area contributed by atoms with E-state index < -0.39 is 83.5 Å². The number of carbonyl (C=O) groups excluding carboxylic acids is 2. The van der Waals surface area contributed by atoms with Crippen molar-refractivity contribution in [3.63, 3.8) is 0 Å². The van der Waals surface area contributed by atoms with E-state index in [1.165, 1.54) is 51.4 Å². The summed E-state index contributed by atoms with van der Waals surface area (Å²) in [5, 5.41) is 41.2. The van der Waals surface area contributed by atoms with E-state index in [4.69, 9.17) is 28.3 Å². The molecule has 16 nitrogen and oxygen atoms in total. The Kier molecular flexibility index (Phi) is 32.8. The van der Waals surface area contributed by atoms with E-state index in [-0.39, 0.29) is 12.8 Å². The number of hydrogen-bond donors (Lipinski definition) is 7. The molecule has 61 heavy (non-hydrogen) atoms. The van der Waals surface area contributed by atoms with Crippen LogP contribution in [0.5, 0.6) is 0 Å². The van der Waals surface area contributed by atoms with E-state index in [1.807, 2.05) is 0 Å². The van der Waals surface area contributed by atoms with Crippen LogP contribution in [0.3, 0.4) is 0 Å². The van der Waals surface area contributed by atoms with Gasteiger partial charge in [0.1, 0.15) is 43.2 Å². The van der Waals surface area contributed by atoms with E-state index in [1.54, 1.807) is 0 Å². The molecule has 0 aromatic carbocycles. The predicted octanol–water partition coefficient (Wildman–Crippen LogP) is 8.17. The molecule has 0 radical (unpaired) electrons. The Morgan fingerprint density at radius 3 is 1.34 bits per heavy atom. The largest absolute Gasteiger partial charge is 0.472 e. The lowest BCUT2D eigenvalue weighted by Crippen LogP contribution is -2.64. The van der Waals surface area contributed by atoms with Crippen LogP contribution in [-0.4, -0.2) is 103 Å². The average molecular weight is 915 g/mol. The number of ether oxygens (including phenoxy) is 2. The third-order valence-corrected chi connectivity index (χ3v) is 12.0. The van der Waals surface area contributed by atoms with Gasteiger partial charge in [-0.25, -0.2) is 9.13 Å². The standard InChI is InChI=1S/C43H80O16P2/c1-3-5-7-9-11-13-15-17-18-20-22-24-26-28-30-32-37(45)57-35(33-55-36(44)31-29-27-25-23-21-19-16-14-12-10-8-6-4-2)34-56-61(53,54)59-43-40(48)38(46)39(47)42(41(43)49)58-60(50,51)52/h13-16,35,38-43,46-49H,3-12,17-34H2,1-2H3,(H,53,54)(H2,50,51,52)/b15-13-,16-14-/t35-,38?,39?,40?,41?,42-,43+/m1/s1. The Balaban J connectivity index is 2.62. The molecular weight excluding hydrogens is 834 g/mol. The van der Waals surface area contributed by atoms with Crippen molar-refractivity contribution in [2.45, 2.75) is 224 Å². The smallest absolute Gasteiger partial charge is 0.462 e. The molecule has 0 aliphatic heterocycles. The number of hydrogen-bond acceptors (Lipinski definition) is 13. The van der Waals surface area contributed by atoms with Crippen LogP contribution in [0.4, 0.5) is 0 Å². The zero-order valence-corrected chi connectivity index (χ0v) is 38.6. The molecule has 5 unspecified atom stereocenters. The molecule has 0 heterocycles. The second-order valence-electron chi connectivity index (χ2n) is 16.1. The molecule has 358 valence electrons. The fourth-order valence-corrected chi connectivity index (χ4v) is 8.44. The van der Waals surface area contributed by atoms with E-state index in [2.05, 4.69) is 42.7 Å². The van der Waals surface area contributed by atoms with Crippen molar-refractivity contribution in [2.24, 2.45) is 0 Å². The van der Waals surface area contributed by atoms with Gasteiger partial charge in [0.25, 0.3) is 0 Å². The minimum Gasteiger partial charge on any atom is -0.462 e. The molecule has 8 atom stereocenters. The van der Waals surface area contributed by atoms with E-state index in [0.717, 1.165) is 89.9 Å². The topological polar surface area (TPSA) is 256 Å². The van der Waals surface area contributed by atoms with Gasteiger partial charge in [0, 0.05) is 12.8 Å². The van der Waals surface area contributed by atoms with Gasteiger partial charge in [0.15, 0.2) is 6.10 Å². The SMILES string of the molecule is CCCCCC/C=C\CCCCCCCCCC(=O)O[C@H](COC(=O)CCCCCCC/C=C\CCCCCC)COP(=O)(O)O[C@H]1C(O)C(O)C(O)[C@@H](OP(=O)(O)O)C1O. The third kappa shape index (κ3) is 29.5. The zero-order chi connectivity index (χ0) is 45.4. The van der Waals surface area contributed by atoms with Crippen molar-refractivity contribution in [3.05, 3.63) is 24.3 Å². The minimum absolute atomic E-state index is 0.0389. The van der Waals surface area contributed by atoms with Gasteiger partial charge < -0.3 is 44.6 Å². The van der Waals surface area contributed by atoms with Crippen LogP contribution in [0, 0.1) is 0 Å². The highest BCUT2D eigenvalue weighted by atomic mass is 31.2. The molecule has 0 aromatic rings. The van der Waals surface area contributed by atoms with Crippen LogP contribution >= 0.6 is 15.6 Å². The Hall–Kier alpha value is -1.52. The summed E-state index contributed by atoms with van der Waals surface area (Å²) in [7, 11) is -10.7. The van der Waals surface area contributed by atoms with Crippen molar-refractivity contribution in [2.75, 3.05) is 13.2 Å². The summed E-state index contributed by atoms with van der Waals surface area (Å²) in [6, 6.07) is 0. The van der Waals surface area contributed by atoms with Gasteiger partial charge >= 0.3 is 27.6 Å². The summed E-state index contributed by atoms with van der Waals surface area (Å²) in [5.41, 5.74) is 0. The maximum absolute atomic E-state index is 13.0. The number of rotatable bonds is 38. The quantitative estimate of drug-likeness (QED) is 0.0133. The molecule has 1 aliphatic carbocycles. The summed E-state index contributed by atoms with van der Waals surface area (Å²) in [6.07, 6.45) is 20.0. The lowest BCUT2D eigenvalue weighted by Gasteiger charge is -2.43. The fourth-order valence-electron chi connectivity index (χ4n) is 6.90. The van der Waals surface area contributed by atoms with Crippen molar-refractivity contribution in [1.29, 1.82) is 0 Å². The number of esters is 2. The van der Waals surface area contributed by atoms with Crippen molar-refractivity contribution < 1.29 is 76.9 Å². The average Bonchev–Trinajstić information content (AvgIpc) is 3.21. The van der Waals surface area contributed by atoms with Gasteiger partial charge in [0.2, 0.25) is 0 Å². The number of phosphoric acid groups is 2. The van der Waals surface area contributed by atoms with Crippen molar-refractivity contribution in [1.82, 2.24) is 0 Å². The number of aliphatic hydroxyl groups excluding tert-OH is 4. The Morgan fingerprint density at radius 2 is 0.902 bits per heavy atom. The minimum atomic E-state index is -5.36. The molecule has 1 fully saturated rings. The first kappa shape index (κ1) is 57.5. The second-order valence-corrected chi connectivity index (χ2v) is 18.7. The van der Waals surface area contributed by atoms with Gasteiger partial charge in [-0.2, -0.15) is 0 Å². The molecule has 7 N–H and O–H groups in total. The Labute approximate surface area is 364 Å². The Morgan fingerprint density at radius 1 is 0.508 bits per heavy atom. The number of aliphatic hydroxyl groups is 4.